The van der Waals surface area contributed by atoms with Crippen molar-refractivity contribution in [1.29, 1.82) is 0 Å². The van der Waals surface area contributed by atoms with Gasteiger partial charge in [-0.2, -0.15) is 11.3 Å². The quantitative estimate of drug-likeness (QED) is 0.510. The van der Waals surface area contributed by atoms with E-state index in [2.05, 4.69) is 20.0 Å². The summed E-state index contributed by atoms with van der Waals surface area (Å²) in [6, 6.07) is 3.61. The van der Waals surface area contributed by atoms with Crippen molar-refractivity contribution in [1.82, 2.24) is 19.4 Å². The van der Waals surface area contributed by atoms with Crippen LogP contribution in [0.3, 0.4) is 0 Å². The number of fused-ring (bicyclic) bond motifs is 1. The molecule has 174 valence electrons. The van der Waals surface area contributed by atoms with Crippen molar-refractivity contribution in [3.8, 4) is 0 Å². The molecule has 1 amide bonds. The second-order valence-electron chi connectivity index (χ2n) is 6.78. The summed E-state index contributed by atoms with van der Waals surface area (Å²) in [5.74, 6) is 0.433. The van der Waals surface area contributed by atoms with Gasteiger partial charge in [0.25, 0.3) is 15.9 Å². The number of rotatable bonds is 6. The molecule has 4 rings (SSSR count). The van der Waals surface area contributed by atoms with Gasteiger partial charge in [0.2, 0.25) is 0 Å². The molecule has 0 aliphatic carbocycles. The Balaban J connectivity index is 0.00000160. The van der Waals surface area contributed by atoms with Crippen LogP contribution < -0.4 is 4.90 Å². The minimum Gasteiger partial charge on any atom is -0.353 e. The van der Waals surface area contributed by atoms with Gasteiger partial charge in [-0.3, -0.25) is 9.69 Å². The van der Waals surface area contributed by atoms with Gasteiger partial charge >= 0.3 is 0 Å². The molecule has 31 heavy (non-hydrogen) atoms. The number of anilines is 1. The number of thiophene rings is 1. The highest BCUT2D eigenvalue weighted by Crippen LogP contribution is 2.33. The standard InChI is InChI=1S/C17H20ClN5O3S2.3ClH/c18-15-3-4-16(20-19-15)22-9-7-21(8-10-22)5-1-2-6-23-17(24)13-11-27-12-14(13)28(23,25)26;;;/h3-4,11-12H,1-2,5-10H2;3*1H. The van der Waals surface area contributed by atoms with Gasteiger partial charge in [0, 0.05) is 43.5 Å². The Bertz CT molecular complexity index is 966. The van der Waals surface area contributed by atoms with E-state index in [1.807, 2.05) is 6.07 Å². The lowest BCUT2D eigenvalue weighted by Crippen LogP contribution is -2.47. The van der Waals surface area contributed by atoms with Crippen molar-refractivity contribution in [2.24, 2.45) is 0 Å². The molecule has 0 N–H and O–H groups in total. The molecule has 8 nitrogen and oxygen atoms in total. The minimum atomic E-state index is -3.65. The lowest BCUT2D eigenvalue weighted by molar-refractivity contribution is 0.0869. The number of carbonyl (C=O) groups is 1. The lowest BCUT2D eigenvalue weighted by Gasteiger charge is -2.35. The highest BCUT2D eigenvalue weighted by Gasteiger charge is 2.41. The molecule has 0 aromatic carbocycles. The summed E-state index contributed by atoms with van der Waals surface area (Å²) in [5, 5.41) is 11.5. The molecule has 0 radical (unpaired) electrons. The maximum atomic E-state index is 12.4. The second kappa shape index (κ2) is 11.8. The molecular formula is C17H23Cl4N5O3S2. The van der Waals surface area contributed by atoms with Gasteiger partial charge in [-0.05, 0) is 31.5 Å². The molecule has 0 saturated carbocycles. The van der Waals surface area contributed by atoms with Crippen LogP contribution >= 0.6 is 60.2 Å². The van der Waals surface area contributed by atoms with E-state index in [0.29, 0.717) is 17.1 Å². The highest BCUT2D eigenvalue weighted by molar-refractivity contribution is 7.90. The van der Waals surface area contributed by atoms with Crippen molar-refractivity contribution in [3.63, 3.8) is 0 Å². The second-order valence-corrected chi connectivity index (χ2v) is 9.74. The fourth-order valence-electron chi connectivity index (χ4n) is 3.49. The van der Waals surface area contributed by atoms with E-state index in [9.17, 15) is 13.2 Å². The van der Waals surface area contributed by atoms with E-state index < -0.39 is 15.9 Å². The van der Waals surface area contributed by atoms with Crippen LogP contribution in [0.5, 0.6) is 0 Å². The first-order valence-electron chi connectivity index (χ1n) is 9.06. The van der Waals surface area contributed by atoms with Crippen LogP contribution in [-0.4, -0.2) is 73.0 Å². The van der Waals surface area contributed by atoms with E-state index in [1.165, 1.54) is 16.7 Å². The summed E-state index contributed by atoms with van der Waals surface area (Å²) in [5.41, 5.74) is 0.312. The molecule has 2 aliphatic heterocycles. The summed E-state index contributed by atoms with van der Waals surface area (Å²) >= 11 is 7.02. The molecule has 2 aromatic heterocycles. The Labute approximate surface area is 209 Å². The lowest BCUT2D eigenvalue weighted by atomic mass is 10.2. The maximum absolute atomic E-state index is 12.4. The first-order valence-corrected chi connectivity index (χ1v) is 11.8. The van der Waals surface area contributed by atoms with Crippen molar-refractivity contribution >= 4 is 81.9 Å². The average Bonchev–Trinajstić information content (AvgIpc) is 3.25. The largest absolute Gasteiger partial charge is 0.353 e. The van der Waals surface area contributed by atoms with Gasteiger partial charge in [-0.25, -0.2) is 12.7 Å². The zero-order valence-corrected chi connectivity index (χ0v) is 21.2. The monoisotopic (exact) mass is 549 g/mol. The molecule has 1 saturated heterocycles. The third kappa shape index (κ3) is 5.93. The van der Waals surface area contributed by atoms with Crippen LogP contribution in [0, 0.1) is 0 Å². The van der Waals surface area contributed by atoms with Gasteiger partial charge in [0.05, 0.1) is 5.56 Å². The fourth-order valence-corrected chi connectivity index (χ4v) is 6.35. The number of halogens is 4. The SMILES string of the molecule is Cl.Cl.Cl.O=C1c2cscc2S(=O)(=O)N1CCCCN1CCN(c2ccc(Cl)nn2)CC1. The van der Waals surface area contributed by atoms with Crippen LogP contribution in [0.2, 0.25) is 5.15 Å². The van der Waals surface area contributed by atoms with Crippen LogP contribution in [0.4, 0.5) is 5.82 Å². The molecule has 0 spiro atoms. The van der Waals surface area contributed by atoms with Gasteiger partial charge in [0.1, 0.15) is 4.90 Å². The Morgan fingerprint density at radius 2 is 1.65 bits per heavy atom. The first-order chi connectivity index (χ1) is 13.5. The Hall–Kier alpha value is -0.880. The van der Waals surface area contributed by atoms with E-state index in [4.69, 9.17) is 11.6 Å². The zero-order valence-electron chi connectivity index (χ0n) is 16.3. The number of amides is 1. The van der Waals surface area contributed by atoms with Crippen LogP contribution in [-0.2, 0) is 10.0 Å². The third-order valence-corrected chi connectivity index (χ3v) is 7.97. The van der Waals surface area contributed by atoms with Crippen molar-refractivity contribution in [2.75, 3.05) is 44.2 Å². The molecular weight excluding hydrogens is 528 g/mol. The Morgan fingerprint density at radius 3 is 2.26 bits per heavy atom. The third-order valence-electron chi connectivity index (χ3n) is 5.05. The summed E-state index contributed by atoms with van der Waals surface area (Å²) in [6.45, 7) is 4.64. The number of piperazine rings is 1. The normalized spacial score (nSPS) is 17.4. The molecule has 2 aromatic rings. The minimum absolute atomic E-state index is 0. The van der Waals surface area contributed by atoms with Gasteiger partial charge in [0.15, 0.2) is 11.0 Å². The maximum Gasteiger partial charge on any atom is 0.269 e. The zero-order chi connectivity index (χ0) is 19.7. The summed E-state index contributed by atoms with van der Waals surface area (Å²) in [6.07, 6.45) is 1.49. The van der Waals surface area contributed by atoms with Crippen LogP contribution in [0.15, 0.2) is 27.8 Å². The van der Waals surface area contributed by atoms with Crippen molar-refractivity contribution < 1.29 is 13.2 Å². The number of nitrogens with zero attached hydrogens (tertiary/aromatic N) is 5. The van der Waals surface area contributed by atoms with Crippen LogP contribution in [0.1, 0.15) is 23.2 Å². The predicted octanol–water partition coefficient (Wildman–Crippen LogP) is 3.20. The van der Waals surface area contributed by atoms with Gasteiger partial charge < -0.3 is 4.90 Å². The number of sulfonamides is 1. The fraction of sp³-hybridized carbons (Fsp3) is 0.471. The summed E-state index contributed by atoms with van der Waals surface area (Å²) in [7, 11) is -3.65. The molecule has 14 heteroatoms. The summed E-state index contributed by atoms with van der Waals surface area (Å²) in [4.78, 5) is 17.0. The summed E-state index contributed by atoms with van der Waals surface area (Å²) < 4.78 is 25.9. The predicted molar refractivity (Wildman–Crippen MR) is 129 cm³/mol. The molecule has 1 fully saturated rings. The topological polar surface area (TPSA) is 86.7 Å². The molecule has 0 atom stereocenters. The van der Waals surface area contributed by atoms with Gasteiger partial charge in [-0.15, -0.1) is 47.4 Å². The number of carbonyl (C=O) groups excluding carboxylic acids is 1. The Morgan fingerprint density at radius 1 is 0.968 bits per heavy atom. The average molecular weight is 551 g/mol. The number of hydrogen-bond donors (Lipinski definition) is 0. The van der Waals surface area contributed by atoms with Gasteiger partial charge in [-0.1, -0.05) is 11.6 Å². The van der Waals surface area contributed by atoms with Crippen molar-refractivity contribution in [3.05, 3.63) is 33.6 Å². The number of aromatic nitrogens is 2. The van der Waals surface area contributed by atoms with E-state index in [-0.39, 0.29) is 48.7 Å². The highest BCUT2D eigenvalue weighted by atomic mass is 35.5. The molecule has 4 heterocycles. The smallest absolute Gasteiger partial charge is 0.269 e. The molecule has 0 unspecified atom stereocenters. The van der Waals surface area contributed by atoms with E-state index in [1.54, 1.807) is 11.4 Å². The van der Waals surface area contributed by atoms with E-state index >= 15 is 0 Å². The Kier molecular flexibility index (Phi) is 10.7. The van der Waals surface area contributed by atoms with E-state index in [0.717, 1.165) is 49.3 Å². The molecule has 2 aliphatic rings. The number of unbranched alkanes of at least 4 members (excludes halogenated alkanes) is 1. The first kappa shape index (κ1) is 28.2. The van der Waals surface area contributed by atoms with Crippen molar-refractivity contribution in [2.45, 2.75) is 17.7 Å². The van der Waals surface area contributed by atoms with Crippen LogP contribution in [0.25, 0.3) is 0 Å². The molecule has 0 bridgehead atoms. The number of hydrogen-bond acceptors (Lipinski definition) is 8.